The molecular weight excluding hydrogens is 272 g/mol. The van der Waals surface area contributed by atoms with Crippen molar-refractivity contribution in [2.24, 2.45) is 5.73 Å². The van der Waals surface area contributed by atoms with Crippen LogP contribution in [-0.4, -0.2) is 18.5 Å². The van der Waals surface area contributed by atoms with E-state index in [1.807, 2.05) is 19.2 Å². The first kappa shape index (κ1) is 17.0. The summed E-state index contributed by atoms with van der Waals surface area (Å²) in [7, 11) is 1.83. The Balaban J connectivity index is 0.00000200. The summed E-state index contributed by atoms with van der Waals surface area (Å²) >= 11 is 0. The van der Waals surface area contributed by atoms with Crippen molar-refractivity contribution in [3.63, 3.8) is 0 Å². The van der Waals surface area contributed by atoms with Gasteiger partial charge in [-0.1, -0.05) is 38.8 Å². The number of nitrogens with zero attached hydrogens (tertiary/aromatic N) is 1. The predicted octanol–water partition coefficient (Wildman–Crippen LogP) is 3.47. The molecular formula is C16H25ClN2O. The van der Waals surface area contributed by atoms with E-state index in [4.69, 9.17) is 5.73 Å². The van der Waals surface area contributed by atoms with E-state index in [-0.39, 0.29) is 18.3 Å². The van der Waals surface area contributed by atoms with Crippen molar-refractivity contribution in [1.29, 1.82) is 0 Å². The van der Waals surface area contributed by atoms with Crippen LogP contribution in [0.4, 0.5) is 5.69 Å². The summed E-state index contributed by atoms with van der Waals surface area (Å²) in [4.78, 5) is 14.3. The number of halogens is 1. The van der Waals surface area contributed by atoms with Gasteiger partial charge in [0, 0.05) is 12.7 Å². The lowest BCUT2D eigenvalue weighted by atomic mass is 9.96. The second-order valence-electron chi connectivity index (χ2n) is 5.98. The normalized spacial score (nSPS) is 16.9. The van der Waals surface area contributed by atoms with Gasteiger partial charge in [0.05, 0.1) is 5.54 Å². The molecule has 20 heavy (non-hydrogen) atoms. The van der Waals surface area contributed by atoms with Gasteiger partial charge in [-0.3, -0.25) is 4.79 Å². The smallest absolute Gasteiger partial charge is 0.246 e. The Morgan fingerprint density at radius 3 is 2.45 bits per heavy atom. The minimum absolute atomic E-state index is 0. The highest BCUT2D eigenvalue weighted by atomic mass is 35.5. The van der Waals surface area contributed by atoms with Crippen LogP contribution in [-0.2, 0) is 4.79 Å². The van der Waals surface area contributed by atoms with Gasteiger partial charge in [0.1, 0.15) is 0 Å². The fourth-order valence-corrected chi connectivity index (χ4v) is 2.76. The lowest BCUT2D eigenvalue weighted by Gasteiger charge is -2.29. The molecule has 0 spiro atoms. The first-order valence-corrected chi connectivity index (χ1v) is 7.11. The molecule has 1 amide bonds. The van der Waals surface area contributed by atoms with Gasteiger partial charge < -0.3 is 10.6 Å². The topological polar surface area (TPSA) is 46.3 Å². The third-order valence-electron chi connectivity index (χ3n) is 4.15. The maximum absolute atomic E-state index is 12.5. The van der Waals surface area contributed by atoms with E-state index in [0.717, 1.165) is 31.4 Å². The van der Waals surface area contributed by atoms with Crippen LogP contribution in [0.3, 0.4) is 0 Å². The van der Waals surface area contributed by atoms with Crippen LogP contribution in [0, 0.1) is 0 Å². The minimum atomic E-state index is -0.650. The Morgan fingerprint density at radius 1 is 1.30 bits per heavy atom. The van der Waals surface area contributed by atoms with E-state index in [1.54, 1.807) is 4.90 Å². The molecule has 0 radical (unpaired) electrons. The number of hydrogen-bond acceptors (Lipinski definition) is 2. The molecule has 1 aliphatic rings. The van der Waals surface area contributed by atoms with Crippen LogP contribution in [0.1, 0.15) is 51.0 Å². The fraction of sp³-hybridized carbons (Fsp3) is 0.562. The van der Waals surface area contributed by atoms with Gasteiger partial charge in [0.2, 0.25) is 5.91 Å². The van der Waals surface area contributed by atoms with Crippen LogP contribution in [0.2, 0.25) is 0 Å². The predicted molar refractivity (Wildman–Crippen MR) is 86.6 cm³/mol. The molecule has 0 bridgehead atoms. The SMILES string of the molecule is CC(C)c1cccc(N(C)C(=O)C2(N)CCCC2)c1.Cl. The molecule has 0 aliphatic heterocycles. The molecule has 0 unspecified atom stereocenters. The Labute approximate surface area is 127 Å². The van der Waals surface area contributed by atoms with Crippen LogP contribution in [0.5, 0.6) is 0 Å². The van der Waals surface area contributed by atoms with E-state index < -0.39 is 5.54 Å². The molecule has 0 aromatic heterocycles. The highest BCUT2D eigenvalue weighted by molar-refractivity contribution is 5.99. The molecule has 1 saturated carbocycles. The third-order valence-corrected chi connectivity index (χ3v) is 4.15. The zero-order chi connectivity index (χ0) is 14.0. The molecule has 0 atom stereocenters. The highest BCUT2D eigenvalue weighted by Gasteiger charge is 2.39. The van der Waals surface area contributed by atoms with Gasteiger partial charge in [-0.15, -0.1) is 12.4 Å². The molecule has 4 heteroatoms. The summed E-state index contributed by atoms with van der Waals surface area (Å²) in [5, 5.41) is 0. The lowest BCUT2D eigenvalue weighted by molar-refractivity contribution is -0.123. The first-order valence-electron chi connectivity index (χ1n) is 7.11. The maximum Gasteiger partial charge on any atom is 0.246 e. The van der Waals surface area contributed by atoms with E-state index >= 15 is 0 Å². The summed E-state index contributed by atoms with van der Waals surface area (Å²) in [6, 6.07) is 8.16. The van der Waals surface area contributed by atoms with E-state index in [2.05, 4.69) is 26.0 Å². The van der Waals surface area contributed by atoms with Crippen molar-refractivity contribution in [2.45, 2.75) is 51.0 Å². The van der Waals surface area contributed by atoms with Gasteiger partial charge in [0.15, 0.2) is 0 Å². The second-order valence-corrected chi connectivity index (χ2v) is 5.98. The second kappa shape index (κ2) is 6.59. The van der Waals surface area contributed by atoms with Crippen molar-refractivity contribution < 1.29 is 4.79 Å². The Hall–Kier alpha value is -1.06. The highest BCUT2D eigenvalue weighted by Crippen LogP contribution is 2.30. The van der Waals surface area contributed by atoms with Crippen LogP contribution < -0.4 is 10.6 Å². The number of benzene rings is 1. The number of anilines is 1. The molecule has 0 heterocycles. The molecule has 1 aromatic rings. The number of nitrogens with two attached hydrogens (primary N) is 1. The van der Waals surface area contributed by atoms with Crippen molar-refractivity contribution in [1.82, 2.24) is 0 Å². The number of carbonyl (C=O) groups is 1. The molecule has 112 valence electrons. The van der Waals surface area contributed by atoms with Gasteiger partial charge in [-0.25, -0.2) is 0 Å². The summed E-state index contributed by atoms with van der Waals surface area (Å²) in [6.45, 7) is 4.31. The third kappa shape index (κ3) is 3.33. The monoisotopic (exact) mass is 296 g/mol. The van der Waals surface area contributed by atoms with Crippen LogP contribution in [0.15, 0.2) is 24.3 Å². The van der Waals surface area contributed by atoms with Crippen molar-refractivity contribution in [3.05, 3.63) is 29.8 Å². The molecule has 1 fully saturated rings. The molecule has 1 aromatic carbocycles. The largest absolute Gasteiger partial charge is 0.317 e. The van der Waals surface area contributed by atoms with Gasteiger partial charge in [-0.2, -0.15) is 0 Å². The molecule has 0 saturated heterocycles. The van der Waals surface area contributed by atoms with Gasteiger partial charge in [0.25, 0.3) is 0 Å². The van der Waals surface area contributed by atoms with E-state index in [9.17, 15) is 4.79 Å². The average molecular weight is 297 g/mol. The lowest BCUT2D eigenvalue weighted by Crippen LogP contribution is -2.52. The van der Waals surface area contributed by atoms with E-state index in [0.29, 0.717) is 5.92 Å². The molecule has 1 aliphatic carbocycles. The zero-order valence-electron chi connectivity index (χ0n) is 12.6. The number of likely N-dealkylation sites (N-methyl/N-ethyl adjacent to an activating group) is 1. The number of amides is 1. The summed E-state index contributed by atoms with van der Waals surface area (Å²) in [6.07, 6.45) is 3.73. The zero-order valence-corrected chi connectivity index (χ0v) is 13.4. The Bertz CT molecular complexity index is 467. The Morgan fingerprint density at radius 2 is 1.90 bits per heavy atom. The van der Waals surface area contributed by atoms with Crippen molar-refractivity contribution >= 4 is 24.0 Å². The number of hydrogen-bond donors (Lipinski definition) is 1. The fourth-order valence-electron chi connectivity index (χ4n) is 2.76. The summed E-state index contributed by atoms with van der Waals surface area (Å²) in [5.74, 6) is 0.507. The quantitative estimate of drug-likeness (QED) is 0.928. The molecule has 2 rings (SSSR count). The standard InChI is InChI=1S/C16H24N2O.ClH/c1-12(2)13-7-6-8-14(11-13)18(3)15(19)16(17)9-4-5-10-16;/h6-8,11-12H,4-5,9-10,17H2,1-3H3;1H. The van der Waals surface area contributed by atoms with Crippen molar-refractivity contribution in [2.75, 3.05) is 11.9 Å². The van der Waals surface area contributed by atoms with E-state index in [1.165, 1.54) is 5.56 Å². The average Bonchev–Trinajstić information content (AvgIpc) is 2.85. The molecule has 2 N–H and O–H groups in total. The van der Waals surface area contributed by atoms with Crippen LogP contribution >= 0.6 is 12.4 Å². The van der Waals surface area contributed by atoms with Crippen LogP contribution in [0.25, 0.3) is 0 Å². The van der Waals surface area contributed by atoms with Gasteiger partial charge >= 0.3 is 0 Å². The minimum Gasteiger partial charge on any atom is -0.317 e. The first-order chi connectivity index (χ1) is 8.94. The number of rotatable bonds is 3. The summed E-state index contributed by atoms with van der Waals surface area (Å²) < 4.78 is 0. The maximum atomic E-state index is 12.5. The number of carbonyl (C=O) groups excluding carboxylic acids is 1. The van der Waals surface area contributed by atoms with Gasteiger partial charge in [-0.05, 0) is 36.5 Å². The molecule has 3 nitrogen and oxygen atoms in total. The summed E-state index contributed by atoms with van der Waals surface area (Å²) in [5.41, 5.74) is 7.78. The Kier molecular flexibility index (Phi) is 5.60. The van der Waals surface area contributed by atoms with Crippen molar-refractivity contribution in [3.8, 4) is 0 Å².